The van der Waals surface area contributed by atoms with E-state index in [0.717, 1.165) is 37.7 Å². The number of rotatable bonds is 15. The lowest BCUT2D eigenvalue weighted by atomic mass is 9.83. The van der Waals surface area contributed by atoms with Crippen LogP contribution in [0.2, 0.25) is 0 Å². The summed E-state index contributed by atoms with van der Waals surface area (Å²) in [5, 5.41) is 10.3. The van der Waals surface area contributed by atoms with Crippen LogP contribution in [0.25, 0.3) is 0 Å². The summed E-state index contributed by atoms with van der Waals surface area (Å²) in [5.74, 6) is -4.98. The lowest BCUT2D eigenvalue weighted by Crippen LogP contribution is -2.58. The van der Waals surface area contributed by atoms with Crippen LogP contribution in [-0.4, -0.2) is 83.1 Å². The minimum Gasteiger partial charge on any atom is -0.444 e. The minimum absolute atomic E-state index is 0.121. The van der Waals surface area contributed by atoms with Crippen molar-refractivity contribution in [3.8, 4) is 0 Å². The highest BCUT2D eigenvalue weighted by atomic mass is 16.6. The Morgan fingerprint density at radius 3 is 2.09 bits per heavy atom. The van der Waals surface area contributed by atoms with Gasteiger partial charge in [0.05, 0.1) is 12.6 Å². The molecular formula is C40H54N6O8. The number of ketones is 1. The molecule has 14 heteroatoms. The van der Waals surface area contributed by atoms with Crippen LogP contribution < -0.4 is 27.0 Å². The Kier molecular flexibility index (Phi) is 14.7. The van der Waals surface area contributed by atoms with E-state index in [1.54, 1.807) is 58.0 Å². The van der Waals surface area contributed by atoms with E-state index in [1.807, 2.05) is 30.3 Å². The highest BCUT2D eigenvalue weighted by Gasteiger charge is 2.45. The van der Waals surface area contributed by atoms with E-state index in [0.29, 0.717) is 12.0 Å². The number of nitrogens with two attached hydrogens (primary N) is 1. The summed E-state index contributed by atoms with van der Waals surface area (Å²) in [6.45, 7) is 6.60. The van der Waals surface area contributed by atoms with Gasteiger partial charge in [0.25, 0.3) is 5.91 Å². The minimum atomic E-state index is -1.24. The van der Waals surface area contributed by atoms with Gasteiger partial charge in [-0.25, -0.2) is 4.79 Å². The van der Waals surface area contributed by atoms with Gasteiger partial charge in [0.15, 0.2) is 0 Å². The van der Waals surface area contributed by atoms with Crippen molar-refractivity contribution in [3.63, 3.8) is 0 Å². The number of carbonyl (C=O) groups is 7. The number of amides is 6. The monoisotopic (exact) mass is 746 g/mol. The van der Waals surface area contributed by atoms with Crippen LogP contribution in [-0.2, 0) is 33.5 Å². The second-order valence-electron chi connectivity index (χ2n) is 15.1. The molecule has 1 unspecified atom stereocenters. The Bertz CT molecular complexity index is 1640. The Hall–Kier alpha value is -5.27. The third-order valence-electron chi connectivity index (χ3n) is 9.78. The first kappa shape index (κ1) is 41.5. The third-order valence-corrected chi connectivity index (χ3v) is 9.78. The van der Waals surface area contributed by atoms with Crippen LogP contribution in [0.5, 0.6) is 0 Å². The lowest BCUT2D eigenvalue weighted by Gasteiger charge is -2.35. The normalized spacial score (nSPS) is 19.1. The summed E-state index contributed by atoms with van der Waals surface area (Å²) in [7, 11) is 0. The van der Waals surface area contributed by atoms with Gasteiger partial charge in [-0.1, -0.05) is 93.3 Å². The molecule has 54 heavy (non-hydrogen) atoms. The molecule has 1 saturated heterocycles. The number of nitrogens with one attached hydrogen (secondary N) is 4. The summed E-state index contributed by atoms with van der Waals surface area (Å²) >= 11 is 0. The Labute approximate surface area is 316 Å². The second kappa shape index (κ2) is 19.2. The van der Waals surface area contributed by atoms with Gasteiger partial charge >= 0.3 is 6.09 Å². The molecule has 4 rings (SSSR count). The van der Waals surface area contributed by atoms with Crippen LogP contribution in [0.1, 0.15) is 102 Å². The molecule has 2 aliphatic rings. The van der Waals surface area contributed by atoms with Crippen molar-refractivity contribution in [1.29, 1.82) is 0 Å². The fraction of sp³-hybridized carbons (Fsp3) is 0.525. The highest BCUT2D eigenvalue weighted by molar-refractivity contribution is 6.38. The average molecular weight is 747 g/mol. The Morgan fingerprint density at radius 1 is 0.870 bits per heavy atom. The third kappa shape index (κ3) is 11.6. The van der Waals surface area contributed by atoms with Crippen molar-refractivity contribution in [2.75, 3.05) is 13.1 Å². The van der Waals surface area contributed by atoms with Crippen molar-refractivity contribution < 1.29 is 38.3 Å². The molecule has 14 nitrogen and oxygen atoms in total. The van der Waals surface area contributed by atoms with Gasteiger partial charge in [-0.3, -0.25) is 28.8 Å². The SMILES string of the molecule is CCCC(NC(=O)[C@@H]1C[C@@H](c2ccccc2)CN1C(=O)[C@@H](NC(=O)OC(C)(C)C)C1CCCCC1)C(=O)C(=O)NCC(=O)N[C@H](C(N)=O)c1ccccc1. The van der Waals surface area contributed by atoms with Crippen LogP contribution in [0.4, 0.5) is 4.79 Å². The molecule has 2 aromatic carbocycles. The van der Waals surface area contributed by atoms with Gasteiger partial charge in [-0.2, -0.15) is 0 Å². The smallest absolute Gasteiger partial charge is 0.408 e. The molecule has 1 aliphatic heterocycles. The number of alkyl carbamates (subject to hydrolysis) is 1. The van der Waals surface area contributed by atoms with Gasteiger partial charge in [-0.05, 0) is 63.5 Å². The quantitative estimate of drug-likeness (QED) is 0.171. The van der Waals surface area contributed by atoms with E-state index in [2.05, 4.69) is 21.3 Å². The molecule has 1 heterocycles. The molecule has 2 aromatic rings. The summed E-state index contributed by atoms with van der Waals surface area (Å²) in [6, 6.07) is 13.5. The molecule has 6 amide bonds. The van der Waals surface area contributed by atoms with Crippen molar-refractivity contribution in [2.45, 2.75) is 115 Å². The number of Topliss-reactive ketones (excluding diaryl/α,β-unsaturated/α-hetero) is 1. The van der Waals surface area contributed by atoms with Crippen LogP contribution in [0.3, 0.4) is 0 Å². The van der Waals surface area contributed by atoms with Crippen molar-refractivity contribution in [1.82, 2.24) is 26.2 Å². The van der Waals surface area contributed by atoms with E-state index >= 15 is 0 Å². The molecule has 0 spiro atoms. The van der Waals surface area contributed by atoms with E-state index in [4.69, 9.17) is 10.5 Å². The number of nitrogens with zero attached hydrogens (tertiary/aromatic N) is 1. The zero-order valence-electron chi connectivity index (χ0n) is 31.6. The van der Waals surface area contributed by atoms with Gasteiger partial charge in [0, 0.05) is 12.5 Å². The number of likely N-dealkylation sites (tertiary alicyclic amines) is 1. The predicted molar refractivity (Wildman–Crippen MR) is 200 cm³/mol. The van der Waals surface area contributed by atoms with Crippen LogP contribution in [0.15, 0.2) is 60.7 Å². The molecule has 1 aliphatic carbocycles. The first-order valence-corrected chi connectivity index (χ1v) is 18.8. The van der Waals surface area contributed by atoms with Crippen molar-refractivity contribution in [2.24, 2.45) is 11.7 Å². The lowest BCUT2D eigenvalue weighted by molar-refractivity contribution is -0.143. The number of carbonyl (C=O) groups excluding carboxylic acids is 7. The Morgan fingerprint density at radius 2 is 1.50 bits per heavy atom. The van der Waals surface area contributed by atoms with E-state index in [9.17, 15) is 33.6 Å². The van der Waals surface area contributed by atoms with Gasteiger partial charge in [-0.15, -0.1) is 0 Å². The first-order valence-electron chi connectivity index (χ1n) is 18.8. The molecule has 0 bridgehead atoms. The molecule has 5 atom stereocenters. The number of hydrogen-bond donors (Lipinski definition) is 5. The van der Waals surface area contributed by atoms with Gasteiger partial charge < -0.3 is 36.6 Å². The standard InChI is InChI=1S/C40H54N6O8/c1-5-15-29(34(48)37(51)42-23-31(47)44-32(35(41)49)26-18-11-7-12-19-26)43-36(50)30-22-28(25-16-9-6-10-17-25)24-46(30)38(52)33(27-20-13-8-14-21-27)45-39(53)54-40(2,3)4/h6-7,9-12,16-19,27-30,32-33H,5,8,13-15,20-24H2,1-4H3,(H2,41,49)(H,42,51)(H,43,50)(H,44,47)(H,45,53)/t28-,29?,30+,32+,33+/m1/s1. The van der Waals surface area contributed by atoms with Crippen LogP contribution >= 0.6 is 0 Å². The van der Waals surface area contributed by atoms with E-state index < -0.39 is 77.7 Å². The maximum atomic E-state index is 14.5. The van der Waals surface area contributed by atoms with Gasteiger partial charge in [0.1, 0.15) is 23.7 Å². The summed E-state index contributed by atoms with van der Waals surface area (Å²) < 4.78 is 5.53. The van der Waals surface area contributed by atoms with E-state index in [1.165, 1.54) is 4.90 Å². The Balaban J connectivity index is 1.50. The summed E-state index contributed by atoms with van der Waals surface area (Å²) in [5.41, 5.74) is 6.07. The molecule has 6 N–H and O–H groups in total. The zero-order chi connectivity index (χ0) is 39.4. The number of hydrogen-bond acceptors (Lipinski definition) is 8. The van der Waals surface area contributed by atoms with Crippen molar-refractivity contribution in [3.05, 3.63) is 71.8 Å². The highest BCUT2D eigenvalue weighted by Crippen LogP contribution is 2.35. The molecule has 0 aromatic heterocycles. The van der Waals surface area contributed by atoms with Crippen LogP contribution in [0, 0.1) is 5.92 Å². The summed E-state index contributed by atoms with van der Waals surface area (Å²) in [4.78, 5) is 94.3. The zero-order valence-corrected chi connectivity index (χ0v) is 31.6. The number of primary amides is 1. The molecule has 0 radical (unpaired) electrons. The maximum absolute atomic E-state index is 14.5. The first-order chi connectivity index (χ1) is 25.7. The van der Waals surface area contributed by atoms with Gasteiger partial charge in [0.2, 0.25) is 29.4 Å². The molecule has 292 valence electrons. The fourth-order valence-electron chi connectivity index (χ4n) is 7.16. The summed E-state index contributed by atoms with van der Waals surface area (Å²) in [6.07, 6.45) is 4.40. The fourth-order valence-corrected chi connectivity index (χ4v) is 7.16. The topological polar surface area (TPSA) is 206 Å². The largest absolute Gasteiger partial charge is 0.444 e. The van der Waals surface area contributed by atoms with E-state index in [-0.39, 0.29) is 31.2 Å². The number of ether oxygens (including phenoxy) is 1. The molecular weight excluding hydrogens is 692 g/mol. The van der Waals surface area contributed by atoms with Crippen molar-refractivity contribution >= 4 is 41.4 Å². The second-order valence-corrected chi connectivity index (χ2v) is 15.1. The molecule has 1 saturated carbocycles. The number of benzene rings is 2. The average Bonchev–Trinajstić information content (AvgIpc) is 3.60. The predicted octanol–water partition coefficient (Wildman–Crippen LogP) is 3.16. The maximum Gasteiger partial charge on any atom is 0.408 e. The molecule has 2 fully saturated rings.